The van der Waals surface area contributed by atoms with Crippen LogP contribution >= 0.6 is 0 Å². The van der Waals surface area contributed by atoms with Gasteiger partial charge in [0.05, 0.1) is 6.54 Å². The van der Waals surface area contributed by atoms with Gasteiger partial charge in [0.2, 0.25) is 5.91 Å². The molecule has 1 N–H and O–H groups in total. The molecule has 0 aliphatic heterocycles. The zero-order valence-electron chi connectivity index (χ0n) is 23.7. The molecule has 0 fully saturated rings. The third kappa shape index (κ3) is 7.02. The van der Waals surface area contributed by atoms with E-state index in [0.717, 1.165) is 37.1 Å². The van der Waals surface area contributed by atoms with Crippen molar-refractivity contribution in [2.45, 2.75) is 33.4 Å². The van der Waals surface area contributed by atoms with Gasteiger partial charge in [0.1, 0.15) is 12.4 Å². The summed E-state index contributed by atoms with van der Waals surface area (Å²) in [7, 11) is 2.95. The fraction of sp³-hybridized carbons (Fsp3) is 0.290. The topological polar surface area (TPSA) is 116 Å². The van der Waals surface area contributed by atoms with Crippen molar-refractivity contribution in [2.75, 3.05) is 20.1 Å². The van der Waals surface area contributed by atoms with Crippen molar-refractivity contribution in [1.29, 1.82) is 0 Å². The molecule has 10 heteroatoms. The van der Waals surface area contributed by atoms with E-state index < -0.39 is 11.4 Å². The van der Waals surface area contributed by atoms with Gasteiger partial charge in [-0.3, -0.25) is 9.59 Å². The number of carbonyl (C=O) groups excluding carboxylic acids is 2. The molecule has 41 heavy (non-hydrogen) atoms. The number of aryl methyl sites for hydroxylation is 1. The third-order valence-electron chi connectivity index (χ3n) is 6.89. The van der Waals surface area contributed by atoms with Gasteiger partial charge in [-0.15, -0.1) is 4.74 Å². The van der Waals surface area contributed by atoms with Crippen LogP contribution in [0.5, 0.6) is 5.75 Å². The summed E-state index contributed by atoms with van der Waals surface area (Å²) < 4.78 is 12.9. The van der Waals surface area contributed by atoms with Crippen LogP contribution in [-0.2, 0) is 25.0 Å². The Morgan fingerprint density at radius 3 is 2.39 bits per heavy atom. The molecule has 10 nitrogen and oxygen atoms in total. The molecule has 0 saturated heterocycles. The minimum absolute atomic E-state index is 0.0964. The van der Waals surface area contributed by atoms with Gasteiger partial charge in [-0.1, -0.05) is 36.4 Å². The number of amides is 2. The fourth-order valence-corrected chi connectivity index (χ4v) is 4.46. The molecule has 0 atom stereocenters. The van der Waals surface area contributed by atoms with Crippen molar-refractivity contribution >= 4 is 11.8 Å². The highest BCUT2D eigenvalue weighted by Gasteiger charge is 2.16. The lowest BCUT2D eigenvalue weighted by Crippen LogP contribution is -2.34. The molecule has 0 saturated carbocycles. The molecule has 0 aliphatic rings. The zero-order valence-corrected chi connectivity index (χ0v) is 23.7. The van der Waals surface area contributed by atoms with E-state index in [1.54, 1.807) is 24.1 Å². The zero-order chi connectivity index (χ0) is 29.5. The summed E-state index contributed by atoms with van der Waals surface area (Å²) in [6.45, 7) is 5.27. The van der Waals surface area contributed by atoms with Gasteiger partial charge in [-0.2, -0.15) is 0 Å². The Morgan fingerprint density at radius 2 is 1.76 bits per heavy atom. The number of ether oxygens (including phenoxy) is 1. The molecule has 0 radical (unpaired) electrons. The van der Waals surface area contributed by atoms with Crippen LogP contribution in [0.2, 0.25) is 0 Å². The van der Waals surface area contributed by atoms with Crippen LogP contribution in [0.15, 0.2) is 80.8 Å². The van der Waals surface area contributed by atoms with E-state index in [1.807, 2.05) is 62.4 Å². The quantitative estimate of drug-likeness (QED) is 0.302. The van der Waals surface area contributed by atoms with E-state index >= 15 is 0 Å². The Balaban J connectivity index is 1.40. The molecule has 0 aliphatic carbocycles. The first-order valence-corrected chi connectivity index (χ1v) is 13.4. The Bertz CT molecular complexity index is 1650. The molecule has 0 spiro atoms. The highest BCUT2D eigenvalue weighted by atomic mass is 16.5. The van der Waals surface area contributed by atoms with Crippen LogP contribution in [0.3, 0.4) is 0 Å². The summed E-state index contributed by atoms with van der Waals surface area (Å²) in [6.07, 6.45) is 0.265. The van der Waals surface area contributed by atoms with Gasteiger partial charge >= 0.3 is 11.4 Å². The van der Waals surface area contributed by atoms with Crippen LogP contribution in [0.4, 0.5) is 0 Å². The van der Waals surface area contributed by atoms with Gasteiger partial charge in [-0.25, -0.2) is 14.2 Å². The number of hydrogen-bond donors (Lipinski definition) is 1. The summed E-state index contributed by atoms with van der Waals surface area (Å²) >= 11 is 0. The van der Waals surface area contributed by atoms with Crippen LogP contribution < -0.4 is 21.5 Å². The second kappa shape index (κ2) is 13.0. The number of aromatic nitrogens is 2. The molecular formula is C31H34N4O6. The lowest BCUT2D eigenvalue weighted by atomic mass is 9.97. The average molecular weight is 559 g/mol. The Kier molecular flexibility index (Phi) is 9.23. The number of rotatable bonds is 11. The summed E-state index contributed by atoms with van der Waals surface area (Å²) in [5.74, 6) is -0.230. The Labute approximate surface area is 237 Å². The summed E-state index contributed by atoms with van der Waals surface area (Å²) in [5, 5.41) is 2.59. The van der Waals surface area contributed by atoms with Crippen molar-refractivity contribution in [3.63, 3.8) is 0 Å². The predicted molar refractivity (Wildman–Crippen MR) is 155 cm³/mol. The first-order valence-electron chi connectivity index (χ1n) is 13.4. The van der Waals surface area contributed by atoms with Crippen molar-refractivity contribution in [1.82, 2.24) is 19.5 Å². The molecule has 4 rings (SSSR count). The molecule has 0 unspecified atom stereocenters. The van der Waals surface area contributed by atoms with E-state index in [9.17, 15) is 19.2 Å². The first kappa shape index (κ1) is 29.1. The van der Waals surface area contributed by atoms with Crippen LogP contribution in [0.1, 0.15) is 40.4 Å². The second-order valence-corrected chi connectivity index (χ2v) is 9.71. The normalized spacial score (nSPS) is 10.8. The minimum Gasteiger partial charge on any atom is -0.489 e. The summed E-state index contributed by atoms with van der Waals surface area (Å²) in [4.78, 5) is 49.8. The maximum absolute atomic E-state index is 13.0. The van der Waals surface area contributed by atoms with E-state index in [2.05, 4.69) is 11.4 Å². The Morgan fingerprint density at radius 1 is 1.00 bits per heavy atom. The molecule has 214 valence electrons. The molecule has 1 heterocycles. The highest BCUT2D eigenvalue weighted by Crippen LogP contribution is 2.26. The SMILES string of the molecule is CCN(CCC(=O)NC)C(=O)c1ccc(-c2cccc(COc3ccc(Cn4oc(=O)n(C)c4=O)cc3)c2)c(C)c1. The highest BCUT2D eigenvalue weighted by molar-refractivity contribution is 5.95. The number of hydrogen-bond acceptors (Lipinski definition) is 6. The maximum Gasteiger partial charge on any atom is 0.442 e. The van der Waals surface area contributed by atoms with Crippen molar-refractivity contribution < 1.29 is 18.8 Å². The summed E-state index contributed by atoms with van der Waals surface area (Å²) in [5.41, 5.74) is 4.86. The molecule has 1 aromatic heterocycles. The lowest BCUT2D eigenvalue weighted by molar-refractivity contribution is -0.120. The predicted octanol–water partition coefficient (Wildman–Crippen LogP) is 3.34. The largest absolute Gasteiger partial charge is 0.489 e. The first-order chi connectivity index (χ1) is 19.7. The van der Waals surface area contributed by atoms with Crippen LogP contribution in [0, 0.1) is 6.92 Å². The summed E-state index contributed by atoms with van der Waals surface area (Å²) in [6, 6.07) is 20.9. The molecule has 4 aromatic rings. The van der Waals surface area contributed by atoms with Gasteiger partial charge in [0.25, 0.3) is 5.91 Å². The smallest absolute Gasteiger partial charge is 0.442 e. The van der Waals surface area contributed by atoms with Crippen molar-refractivity contribution in [3.05, 3.63) is 110 Å². The van der Waals surface area contributed by atoms with Gasteiger partial charge in [0.15, 0.2) is 0 Å². The molecule has 0 bridgehead atoms. The molecule has 3 aromatic carbocycles. The standard InChI is InChI=1S/C31H34N4O6/c1-5-34(16-15-28(36)32-3)29(37)25-11-14-27(21(2)17-25)24-8-6-7-23(18-24)20-40-26-12-9-22(10-13-26)19-35-30(38)33(4)31(39)41-35/h6-14,17-18H,5,15-16,19-20H2,1-4H3,(H,32,36). The number of carbonyl (C=O) groups is 2. The van der Waals surface area contributed by atoms with Gasteiger partial charge in [-0.05, 0) is 72.0 Å². The lowest BCUT2D eigenvalue weighted by Gasteiger charge is -2.21. The van der Waals surface area contributed by atoms with Crippen LogP contribution in [0.25, 0.3) is 11.1 Å². The van der Waals surface area contributed by atoms with Gasteiger partial charge < -0.3 is 19.5 Å². The molecular weight excluding hydrogens is 524 g/mol. The molecule has 2 amide bonds. The fourth-order valence-electron chi connectivity index (χ4n) is 4.46. The Hall–Kier alpha value is -4.86. The number of nitrogens with zero attached hydrogens (tertiary/aromatic N) is 3. The third-order valence-corrected chi connectivity index (χ3v) is 6.89. The van der Waals surface area contributed by atoms with Crippen LogP contribution in [-0.4, -0.2) is 46.2 Å². The maximum atomic E-state index is 13.0. The minimum atomic E-state index is -0.700. The monoisotopic (exact) mass is 558 g/mol. The van der Waals surface area contributed by atoms with Crippen molar-refractivity contribution in [2.24, 2.45) is 7.05 Å². The number of nitrogens with one attached hydrogen (secondary N) is 1. The number of benzene rings is 3. The average Bonchev–Trinajstić information content (AvgIpc) is 3.22. The van der Waals surface area contributed by atoms with Crippen molar-refractivity contribution in [3.8, 4) is 16.9 Å². The van der Waals surface area contributed by atoms with E-state index in [1.165, 1.54) is 7.05 Å². The van der Waals surface area contributed by atoms with E-state index in [4.69, 9.17) is 9.26 Å². The second-order valence-electron chi connectivity index (χ2n) is 9.71. The van der Waals surface area contributed by atoms with E-state index in [-0.39, 0.29) is 24.8 Å². The van der Waals surface area contributed by atoms with Gasteiger partial charge in [0, 0.05) is 39.2 Å². The van der Waals surface area contributed by atoms with E-state index in [0.29, 0.717) is 31.0 Å².